The number of nitrogens with zero attached hydrogens (tertiary/aromatic N) is 2. The van der Waals surface area contributed by atoms with Crippen molar-refractivity contribution in [2.75, 3.05) is 5.73 Å². The lowest BCUT2D eigenvalue weighted by molar-refractivity contribution is 0.0948. The van der Waals surface area contributed by atoms with E-state index in [4.69, 9.17) is 11.5 Å². The first-order valence-electron chi connectivity index (χ1n) is 10.9. The molecule has 1 heterocycles. The molecule has 7 nitrogen and oxygen atoms in total. The van der Waals surface area contributed by atoms with E-state index in [1.54, 1.807) is 6.92 Å². The summed E-state index contributed by atoms with van der Waals surface area (Å²) in [5.74, 6) is -3.94. The van der Waals surface area contributed by atoms with Crippen LogP contribution in [0.2, 0.25) is 0 Å². The van der Waals surface area contributed by atoms with Crippen molar-refractivity contribution >= 4 is 17.6 Å². The number of carbonyl (C=O) groups excluding carboxylic acids is 2. The fraction of sp³-hybridized carbons (Fsp3) is 0.292. The number of halogens is 3. The highest BCUT2D eigenvalue weighted by molar-refractivity contribution is 6.03. The molecule has 0 saturated heterocycles. The molecular weight excluding hydrogens is 447 g/mol. The van der Waals surface area contributed by atoms with Gasteiger partial charge in [-0.25, -0.2) is 17.9 Å². The number of benzene rings is 2. The second-order valence-corrected chi connectivity index (χ2v) is 8.42. The smallest absolute Gasteiger partial charge is 0.254 e. The van der Waals surface area contributed by atoms with E-state index in [1.807, 2.05) is 0 Å². The van der Waals surface area contributed by atoms with Crippen molar-refractivity contribution in [2.24, 2.45) is 5.73 Å². The Morgan fingerprint density at radius 2 is 1.76 bits per heavy atom. The molecule has 34 heavy (non-hydrogen) atoms. The number of hydrogen-bond acceptors (Lipinski definition) is 4. The predicted molar refractivity (Wildman–Crippen MR) is 120 cm³/mol. The summed E-state index contributed by atoms with van der Waals surface area (Å²) in [5, 5.41) is 6.78. The molecule has 178 valence electrons. The maximum absolute atomic E-state index is 14.9. The molecule has 0 atom stereocenters. The lowest BCUT2D eigenvalue weighted by atomic mass is 10.0. The fourth-order valence-corrected chi connectivity index (χ4v) is 4.33. The zero-order chi connectivity index (χ0) is 24.6. The topological polar surface area (TPSA) is 116 Å². The highest BCUT2D eigenvalue weighted by Crippen LogP contribution is 2.36. The Labute approximate surface area is 193 Å². The summed E-state index contributed by atoms with van der Waals surface area (Å²) in [6.07, 6.45) is 3.64. The average Bonchev–Trinajstić information content (AvgIpc) is 3.42. The molecule has 1 aromatic heterocycles. The van der Waals surface area contributed by atoms with Gasteiger partial charge in [0.2, 0.25) is 0 Å². The van der Waals surface area contributed by atoms with Crippen LogP contribution in [-0.4, -0.2) is 21.6 Å². The molecule has 0 spiro atoms. The van der Waals surface area contributed by atoms with Crippen LogP contribution in [0.3, 0.4) is 0 Å². The van der Waals surface area contributed by atoms with Gasteiger partial charge in [-0.3, -0.25) is 9.59 Å². The molecule has 3 aromatic rings. The third-order valence-corrected chi connectivity index (χ3v) is 6.15. The molecule has 4 rings (SSSR count). The highest BCUT2D eigenvalue weighted by atomic mass is 19.1. The molecule has 1 saturated carbocycles. The van der Waals surface area contributed by atoms with E-state index < -0.39 is 41.4 Å². The molecule has 2 aromatic carbocycles. The van der Waals surface area contributed by atoms with Crippen LogP contribution < -0.4 is 16.8 Å². The molecule has 0 unspecified atom stereocenters. The molecule has 1 aliphatic rings. The number of nitrogen functional groups attached to an aromatic ring is 1. The number of aryl methyl sites for hydroxylation is 1. The van der Waals surface area contributed by atoms with E-state index in [9.17, 15) is 22.8 Å². The second-order valence-electron chi connectivity index (χ2n) is 8.42. The zero-order valence-electron chi connectivity index (χ0n) is 18.5. The maximum atomic E-state index is 14.9. The fourth-order valence-electron chi connectivity index (χ4n) is 4.33. The first-order chi connectivity index (χ1) is 16.2. The van der Waals surface area contributed by atoms with E-state index in [-0.39, 0.29) is 34.2 Å². The number of primary amides is 1. The monoisotopic (exact) mass is 471 g/mol. The Bertz CT molecular complexity index is 1260. The van der Waals surface area contributed by atoms with Crippen molar-refractivity contribution < 1.29 is 22.8 Å². The lowest BCUT2D eigenvalue weighted by Crippen LogP contribution is -2.25. The van der Waals surface area contributed by atoms with E-state index >= 15 is 0 Å². The minimum Gasteiger partial charge on any atom is -0.383 e. The Balaban J connectivity index is 1.63. The molecule has 10 heteroatoms. The van der Waals surface area contributed by atoms with Gasteiger partial charge in [0.25, 0.3) is 11.8 Å². The van der Waals surface area contributed by atoms with E-state index in [0.29, 0.717) is 5.56 Å². The highest BCUT2D eigenvalue weighted by Gasteiger charge is 2.28. The van der Waals surface area contributed by atoms with Crippen LogP contribution in [0.25, 0.3) is 11.3 Å². The Morgan fingerprint density at radius 3 is 2.38 bits per heavy atom. The van der Waals surface area contributed by atoms with Crippen molar-refractivity contribution in [2.45, 2.75) is 45.2 Å². The Hall–Kier alpha value is -3.82. The van der Waals surface area contributed by atoms with Gasteiger partial charge in [0.15, 0.2) is 0 Å². The number of amides is 2. The third-order valence-electron chi connectivity index (χ3n) is 6.15. The summed E-state index contributed by atoms with van der Waals surface area (Å²) >= 11 is 0. The molecule has 5 N–H and O–H groups in total. The van der Waals surface area contributed by atoms with Crippen LogP contribution in [-0.2, 0) is 6.54 Å². The first kappa shape index (κ1) is 23.3. The maximum Gasteiger partial charge on any atom is 0.254 e. The van der Waals surface area contributed by atoms with Gasteiger partial charge in [-0.15, -0.1) is 0 Å². The normalized spacial score (nSPS) is 13.9. The summed E-state index contributed by atoms with van der Waals surface area (Å²) in [5.41, 5.74) is 11.7. The molecule has 1 aliphatic carbocycles. The van der Waals surface area contributed by atoms with Gasteiger partial charge in [0.1, 0.15) is 34.5 Å². The van der Waals surface area contributed by atoms with Gasteiger partial charge in [-0.1, -0.05) is 18.9 Å². The van der Waals surface area contributed by atoms with Crippen LogP contribution in [0.4, 0.5) is 19.0 Å². The van der Waals surface area contributed by atoms with Crippen molar-refractivity contribution in [1.82, 2.24) is 15.1 Å². The number of aromatic nitrogens is 2. The number of anilines is 1. The summed E-state index contributed by atoms with van der Waals surface area (Å²) in [4.78, 5) is 24.5. The molecule has 2 amide bonds. The quantitative estimate of drug-likeness (QED) is 0.504. The van der Waals surface area contributed by atoms with Crippen LogP contribution in [0.15, 0.2) is 30.3 Å². The number of rotatable bonds is 6. The minimum atomic E-state index is -0.948. The van der Waals surface area contributed by atoms with Crippen molar-refractivity contribution in [1.29, 1.82) is 0 Å². The molecule has 0 bridgehead atoms. The second kappa shape index (κ2) is 9.20. The van der Waals surface area contributed by atoms with Gasteiger partial charge in [0, 0.05) is 23.2 Å². The van der Waals surface area contributed by atoms with E-state index in [0.717, 1.165) is 43.9 Å². The van der Waals surface area contributed by atoms with Crippen LogP contribution in [0.1, 0.15) is 63.6 Å². The Morgan fingerprint density at radius 1 is 1.12 bits per heavy atom. The summed E-state index contributed by atoms with van der Waals surface area (Å²) in [6.45, 7) is 1.16. The van der Waals surface area contributed by atoms with Gasteiger partial charge in [-0.05, 0) is 49.6 Å². The van der Waals surface area contributed by atoms with Gasteiger partial charge < -0.3 is 16.8 Å². The van der Waals surface area contributed by atoms with Crippen molar-refractivity contribution in [3.05, 3.63) is 70.0 Å². The minimum absolute atomic E-state index is 0.000621. The molecule has 0 aliphatic heterocycles. The standard InChI is InChI=1S/C24H24F3N5O2/c1-12-6-7-14(25)10-16(12)24(34)30-11-17-18(26)8-13(9-19(17)27)21-20(23(29)33)22(28)32(31-21)15-4-2-3-5-15/h6-10,15H,2-5,11,28H2,1H3,(H2,29,33)(H,30,34). The Kier molecular flexibility index (Phi) is 6.32. The lowest BCUT2D eigenvalue weighted by Gasteiger charge is -2.11. The molecule has 0 radical (unpaired) electrons. The SMILES string of the molecule is Cc1ccc(F)cc1C(=O)NCc1c(F)cc(-c2nn(C3CCCC3)c(N)c2C(N)=O)cc1F. The molecule has 1 fully saturated rings. The summed E-state index contributed by atoms with van der Waals surface area (Å²) < 4.78 is 44.8. The van der Waals surface area contributed by atoms with E-state index in [2.05, 4.69) is 10.4 Å². The number of carbonyl (C=O) groups is 2. The summed E-state index contributed by atoms with van der Waals surface area (Å²) in [6, 6.07) is 5.73. The first-order valence-corrected chi connectivity index (χ1v) is 10.9. The van der Waals surface area contributed by atoms with Gasteiger partial charge in [-0.2, -0.15) is 5.10 Å². The van der Waals surface area contributed by atoms with Crippen LogP contribution in [0.5, 0.6) is 0 Å². The average molecular weight is 471 g/mol. The van der Waals surface area contributed by atoms with Crippen LogP contribution in [0, 0.1) is 24.4 Å². The van der Waals surface area contributed by atoms with Crippen LogP contribution >= 0.6 is 0 Å². The summed E-state index contributed by atoms with van der Waals surface area (Å²) in [7, 11) is 0. The largest absolute Gasteiger partial charge is 0.383 e. The van der Waals surface area contributed by atoms with E-state index in [1.165, 1.54) is 16.8 Å². The van der Waals surface area contributed by atoms with Crippen molar-refractivity contribution in [3.8, 4) is 11.3 Å². The zero-order valence-corrected chi connectivity index (χ0v) is 18.5. The van der Waals surface area contributed by atoms with Gasteiger partial charge >= 0.3 is 0 Å². The third kappa shape index (κ3) is 4.35. The predicted octanol–water partition coefficient (Wildman–Crippen LogP) is 4.00. The van der Waals surface area contributed by atoms with Gasteiger partial charge in [0.05, 0.1) is 6.04 Å². The number of hydrogen-bond donors (Lipinski definition) is 3. The number of nitrogens with one attached hydrogen (secondary N) is 1. The number of nitrogens with two attached hydrogens (primary N) is 2. The molecular formula is C24H24F3N5O2. The van der Waals surface area contributed by atoms with Crippen molar-refractivity contribution in [3.63, 3.8) is 0 Å².